The highest BCUT2D eigenvalue weighted by molar-refractivity contribution is 6.05. The van der Waals surface area contributed by atoms with E-state index in [2.05, 4.69) is 40.9 Å². The predicted octanol–water partition coefficient (Wildman–Crippen LogP) is 5.75. The number of hydrogen-bond donors (Lipinski definition) is 2. The van der Waals surface area contributed by atoms with Crippen molar-refractivity contribution in [2.24, 2.45) is 0 Å². The second-order valence-electron chi connectivity index (χ2n) is 10.9. The molecule has 3 heterocycles. The summed E-state index contributed by atoms with van der Waals surface area (Å²) >= 11 is 0. The maximum absolute atomic E-state index is 13.2. The van der Waals surface area contributed by atoms with E-state index >= 15 is 0 Å². The number of piperidine rings is 2. The van der Waals surface area contributed by atoms with Gasteiger partial charge in [0.15, 0.2) is 0 Å². The number of likely N-dealkylation sites (tertiary alicyclic amines) is 1. The van der Waals surface area contributed by atoms with Crippen molar-refractivity contribution < 1.29 is 18.0 Å². The summed E-state index contributed by atoms with van der Waals surface area (Å²) in [5, 5.41) is 6.13. The molecule has 35 heavy (non-hydrogen) atoms. The molecule has 0 unspecified atom stereocenters. The van der Waals surface area contributed by atoms with Gasteiger partial charge >= 0.3 is 6.18 Å². The van der Waals surface area contributed by atoms with Crippen molar-refractivity contribution in [2.75, 3.05) is 31.5 Å². The van der Waals surface area contributed by atoms with Gasteiger partial charge in [-0.25, -0.2) is 0 Å². The summed E-state index contributed by atoms with van der Waals surface area (Å²) in [6.07, 6.45) is -0.0164. The molecule has 4 rings (SSSR count). The van der Waals surface area contributed by atoms with Crippen LogP contribution in [0.3, 0.4) is 0 Å². The minimum Gasteiger partial charge on any atom is -0.344 e. The third-order valence-electron chi connectivity index (χ3n) is 7.44. The summed E-state index contributed by atoms with van der Waals surface area (Å²) in [6, 6.07) is 7.67. The number of nitrogens with one attached hydrogen (secondary N) is 2. The highest BCUT2D eigenvalue weighted by atomic mass is 19.4. The summed E-state index contributed by atoms with van der Waals surface area (Å²) in [5.74, 6) is -0.377. The zero-order valence-electron chi connectivity index (χ0n) is 21.1. The Bertz CT molecular complexity index is 1040. The van der Waals surface area contributed by atoms with Crippen molar-refractivity contribution in [2.45, 2.75) is 77.1 Å². The molecule has 0 spiro atoms. The number of aromatic nitrogens is 1. The lowest BCUT2D eigenvalue weighted by Crippen LogP contribution is -2.47. The fourth-order valence-corrected chi connectivity index (χ4v) is 5.55. The van der Waals surface area contributed by atoms with Gasteiger partial charge in [-0.1, -0.05) is 26.8 Å². The Balaban J connectivity index is 1.55. The number of anilines is 1. The van der Waals surface area contributed by atoms with Crippen molar-refractivity contribution in [3.8, 4) is 0 Å². The zero-order valence-corrected chi connectivity index (χ0v) is 21.1. The standard InChI is InChI=1S/C27H37F3N4O/c1-18-23(25(35)32-20-7-5-6-19(16-20)27(28,29)30)17-24(26(2,3)4)34(18)22-10-14-33(15-11-22)21-8-12-31-13-9-21/h5-7,16-17,21-22,31H,8-15H2,1-4H3,(H,32,35). The van der Waals surface area contributed by atoms with Gasteiger partial charge in [0, 0.05) is 47.7 Å². The Labute approximate surface area is 206 Å². The Morgan fingerprint density at radius 1 is 1.00 bits per heavy atom. The first-order valence-electron chi connectivity index (χ1n) is 12.6. The SMILES string of the molecule is Cc1c(C(=O)Nc2cccc(C(F)(F)F)c2)cc(C(C)(C)C)n1C1CCN(C2CCNCC2)CC1. The number of rotatable bonds is 4. The summed E-state index contributed by atoms with van der Waals surface area (Å²) in [6.45, 7) is 12.6. The Hall–Kier alpha value is -2.32. The summed E-state index contributed by atoms with van der Waals surface area (Å²) in [4.78, 5) is 15.8. The van der Waals surface area contributed by atoms with E-state index in [0.717, 1.165) is 62.5 Å². The normalized spacial score (nSPS) is 19.2. The lowest BCUT2D eigenvalue weighted by atomic mass is 9.90. The number of halogens is 3. The molecule has 8 heteroatoms. The van der Waals surface area contributed by atoms with Crippen LogP contribution < -0.4 is 10.6 Å². The van der Waals surface area contributed by atoms with Gasteiger partial charge < -0.3 is 20.1 Å². The van der Waals surface area contributed by atoms with E-state index in [1.165, 1.54) is 25.0 Å². The van der Waals surface area contributed by atoms with Crippen LogP contribution in [0.1, 0.15) is 79.8 Å². The molecule has 2 N–H and O–H groups in total. The second kappa shape index (κ2) is 9.97. The van der Waals surface area contributed by atoms with Gasteiger partial charge in [0.05, 0.1) is 11.1 Å². The quantitative estimate of drug-likeness (QED) is 0.574. The number of amides is 1. The van der Waals surface area contributed by atoms with Crippen LogP contribution in [0.2, 0.25) is 0 Å². The third kappa shape index (κ3) is 5.75. The van der Waals surface area contributed by atoms with Crippen LogP contribution in [0.5, 0.6) is 0 Å². The molecular formula is C27H37F3N4O. The third-order valence-corrected chi connectivity index (χ3v) is 7.44. The van der Waals surface area contributed by atoms with E-state index in [1.54, 1.807) is 0 Å². The van der Waals surface area contributed by atoms with Crippen LogP contribution in [-0.2, 0) is 11.6 Å². The van der Waals surface area contributed by atoms with Crippen LogP contribution in [-0.4, -0.2) is 47.6 Å². The van der Waals surface area contributed by atoms with Gasteiger partial charge in [0.1, 0.15) is 0 Å². The van der Waals surface area contributed by atoms with Crippen molar-refractivity contribution in [3.05, 3.63) is 52.8 Å². The first kappa shape index (κ1) is 25.8. The number of benzene rings is 1. The molecule has 2 aliphatic rings. The van der Waals surface area contributed by atoms with E-state index < -0.39 is 11.7 Å². The van der Waals surface area contributed by atoms with Gasteiger partial charge in [0.2, 0.25) is 0 Å². The second-order valence-corrected chi connectivity index (χ2v) is 10.9. The summed E-state index contributed by atoms with van der Waals surface area (Å²) in [5.41, 5.74) is 1.67. The molecule has 0 bridgehead atoms. The maximum Gasteiger partial charge on any atom is 0.416 e. The average molecular weight is 491 g/mol. The van der Waals surface area contributed by atoms with Crippen LogP contribution in [0.4, 0.5) is 18.9 Å². The van der Waals surface area contributed by atoms with Crippen LogP contribution in [0.15, 0.2) is 30.3 Å². The fraction of sp³-hybridized carbons (Fsp3) is 0.593. The minimum absolute atomic E-state index is 0.143. The molecule has 1 aromatic carbocycles. The number of alkyl halides is 3. The Kier molecular flexibility index (Phi) is 7.34. The van der Waals surface area contributed by atoms with Crippen molar-refractivity contribution in [1.29, 1.82) is 0 Å². The Morgan fingerprint density at radius 3 is 2.26 bits per heavy atom. The smallest absolute Gasteiger partial charge is 0.344 e. The van der Waals surface area contributed by atoms with Crippen LogP contribution in [0.25, 0.3) is 0 Å². The molecule has 2 saturated heterocycles. The first-order valence-corrected chi connectivity index (χ1v) is 12.6. The van der Waals surface area contributed by atoms with Crippen molar-refractivity contribution in [3.63, 3.8) is 0 Å². The van der Waals surface area contributed by atoms with Crippen LogP contribution >= 0.6 is 0 Å². The largest absolute Gasteiger partial charge is 0.416 e. The maximum atomic E-state index is 13.2. The van der Waals surface area contributed by atoms with E-state index in [0.29, 0.717) is 17.6 Å². The molecule has 5 nitrogen and oxygen atoms in total. The van der Waals surface area contributed by atoms with Gasteiger partial charge in [-0.3, -0.25) is 4.79 Å². The van der Waals surface area contributed by atoms with E-state index in [1.807, 2.05) is 13.0 Å². The molecule has 2 aliphatic heterocycles. The summed E-state index contributed by atoms with van der Waals surface area (Å²) in [7, 11) is 0. The number of carbonyl (C=O) groups is 1. The number of nitrogens with zero attached hydrogens (tertiary/aromatic N) is 2. The zero-order chi connectivity index (χ0) is 25.4. The van der Waals surface area contributed by atoms with Crippen molar-refractivity contribution >= 4 is 11.6 Å². The number of carbonyl (C=O) groups excluding carboxylic acids is 1. The molecule has 192 valence electrons. The molecular weight excluding hydrogens is 453 g/mol. The topological polar surface area (TPSA) is 49.3 Å². The lowest BCUT2D eigenvalue weighted by Gasteiger charge is -2.41. The molecule has 2 fully saturated rings. The van der Waals surface area contributed by atoms with Gasteiger partial charge in [-0.05, 0) is 70.0 Å². The van der Waals surface area contributed by atoms with E-state index in [-0.39, 0.29) is 17.0 Å². The minimum atomic E-state index is -4.46. The summed E-state index contributed by atoms with van der Waals surface area (Å²) < 4.78 is 41.6. The highest BCUT2D eigenvalue weighted by Gasteiger charge is 2.33. The van der Waals surface area contributed by atoms with E-state index in [4.69, 9.17) is 0 Å². The first-order chi connectivity index (χ1) is 16.4. The average Bonchev–Trinajstić information content (AvgIpc) is 3.17. The van der Waals surface area contributed by atoms with Gasteiger partial charge in [-0.2, -0.15) is 13.2 Å². The van der Waals surface area contributed by atoms with Crippen molar-refractivity contribution in [1.82, 2.24) is 14.8 Å². The molecule has 0 atom stereocenters. The predicted molar refractivity (Wildman–Crippen MR) is 133 cm³/mol. The Morgan fingerprint density at radius 2 is 1.66 bits per heavy atom. The molecule has 1 aromatic heterocycles. The van der Waals surface area contributed by atoms with Gasteiger partial charge in [0.25, 0.3) is 5.91 Å². The molecule has 0 aliphatic carbocycles. The molecule has 0 radical (unpaired) electrons. The molecule has 0 saturated carbocycles. The monoisotopic (exact) mass is 490 g/mol. The lowest BCUT2D eigenvalue weighted by molar-refractivity contribution is -0.137. The highest BCUT2D eigenvalue weighted by Crippen LogP contribution is 2.36. The fourth-order valence-electron chi connectivity index (χ4n) is 5.55. The van der Waals surface area contributed by atoms with E-state index in [9.17, 15) is 18.0 Å². The number of hydrogen-bond acceptors (Lipinski definition) is 3. The van der Waals surface area contributed by atoms with Gasteiger partial charge in [-0.15, -0.1) is 0 Å². The molecule has 2 aromatic rings. The van der Waals surface area contributed by atoms with Crippen LogP contribution in [0, 0.1) is 6.92 Å². The molecule has 1 amide bonds.